The van der Waals surface area contributed by atoms with Crippen LogP contribution in [0.15, 0.2) is 0 Å². The molecule has 0 spiro atoms. The molecule has 2 unspecified atom stereocenters. The van der Waals surface area contributed by atoms with Gasteiger partial charge in [0.1, 0.15) is 5.41 Å². The molecule has 0 bridgehead atoms. The van der Waals surface area contributed by atoms with E-state index in [0.717, 1.165) is 25.0 Å². The Morgan fingerprint density at radius 3 is 2.65 bits per heavy atom. The van der Waals surface area contributed by atoms with Gasteiger partial charge in [0.25, 0.3) is 0 Å². The number of carbonyl (C=O) groups is 2. The fraction of sp³-hybridized carbons (Fsp3) is 0.833. The van der Waals surface area contributed by atoms with Crippen molar-refractivity contribution in [3.8, 4) is 0 Å². The summed E-state index contributed by atoms with van der Waals surface area (Å²) in [5.41, 5.74) is -1.09. The van der Waals surface area contributed by atoms with E-state index in [1.165, 1.54) is 0 Å². The van der Waals surface area contributed by atoms with E-state index in [-0.39, 0.29) is 11.9 Å². The smallest absolute Gasteiger partial charge is 0.319 e. The topological polar surface area (TPSA) is 66.4 Å². The lowest BCUT2D eigenvalue weighted by Crippen LogP contribution is -2.45. The van der Waals surface area contributed by atoms with Crippen LogP contribution in [0.2, 0.25) is 0 Å². The Kier molecular flexibility index (Phi) is 3.66. The molecule has 17 heavy (non-hydrogen) atoms. The first kappa shape index (κ1) is 12.7. The quantitative estimate of drug-likeness (QED) is 0.735. The number of hydrogen-bond acceptors (Lipinski definition) is 3. The summed E-state index contributed by atoms with van der Waals surface area (Å²) in [4.78, 5) is 23.0. The minimum Gasteiger partial charge on any atom is -0.480 e. The van der Waals surface area contributed by atoms with E-state index in [9.17, 15) is 9.59 Å². The number of amides is 1. The largest absolute Gasteiger partial charge is 0.480 e. The minimum absolute atomic E-state index is 0.171. The van der Waals surface area contributed by atoms with E-state index in [1.807, 2.05) is 11.8 Å². The first-order chi connectivity index (χ1) is 8.10. The number of nitrogens with one attached hydrogen (secondary N) is 1. The van der Waals surface area contributed by atoms with E-state index in [1.54, 1.807) is 0 Å². The van der Waals surface area contributed by atoms with Crippen LogP contribution in [0.25, 0.3) is 0 Å². The second-order valence-electron chi connectivity index (χ2n) is 4.89. The van der Waals surface area contributed by atoms with Gasteiger partial charge in [-0.1, -0.05) is 13.3 Å². The summed E-state index contributed by atoms with van der Waals surface area (Å²) in [7, 11) is 0. The average Bonchev–Trinajstić information content (AvgIpc) is 2.99. The predicted molar refractivity (Wildman–Crippen MR) is 67.0 cm³/mol. The van der Waals surface area contributed by atoms with Crippen LogP contribution in [0.4, 0.5) is 0 Å². The predicted octanol–water partition coefficient (Wildman–Crippen LogP) is 1.64. The molecular weight excluding hydrogens is 238 g/mol. The fourth-order valence-corrected chi connectivity index (χ4v) is 3.67. The highest BCUT2D eigenvalue weighted by Crippen LogP contribution is 2.46. The third-order valence-corrected chi connectivity index (χ3v) is 5.07. The van der Waals surface area contributed by atoms with Gasteiger partial charge in [0.2, 0.25) is 5.91 Å². The monoisotopic (exact) mass is 257 g/mol. The Labute approximate surface area is 106 Å². The molecular formula is C12H19NO3S. The maximum atomic E-state index is 12.0. The Bertz CT molecular complexity index is 328. The van der Waals surface area contributed by atoms with Crippen LogP contribution in [0.5, 0.6) is 0 Å². The Morgan fingerprint density at radius 2 is 2.12 bits per heavy atom. The zero-order valence-electron chi connectivity index (χ0n) is 10.1. The molecule has 0 radical (unpaired) electrons. The van der Waals surface area contributed by atoms with Gasteiger partial charge in [0.15, 0.2) is 0 Å². The highest BCUT2D eigenvalue weighted by molar-refractivity contribution is 7.99. The summed E-state index contributed by atoms with van der Waals surface area (Å²) in [5, 5.41) is 12.5. The Balaban J connectivity index is 1.92. The molecule has 0 heterocycles. The molecule has 4 nitrogen and oxygen atoms in total. The second-order valence-corrected chi connectivity index (χ2v) is 6.41. The van der Waals surface area contributed by atoms with Crippen molar-refractivity contribution in [3.05, 3.63) is 0 Å². The van der Waals surface area contributed by atoms with Gasteiger partial charge in [-0.25, -0.2) is 0 Å². The van der Waals surface area contributed by atoms with Crippen LogP contribution in [0, 0.1) is 5.41 Å². The van der Waals surface area contributed by atoms with Crippen molar-refractivity contribution in [1.82, 2.24) is 5.32 Å². The van der Waals surface area contributed by atoms with Crippen molar-refractivity contribution in [2.45, 2.75) is 50.3 Å². The highest BCUT2D eigenvalue weighted by Gasteiger charge is 2.57. The van der Waals surface area contributed by atoms with Crippen molar-refractivity contribution < 1.29 is 14.7 Å². The van der Waals surface area contributed by atoms with Gasteiger partial charge >= 0.3 is 5.97 Å². The molecule has 2 aliphatic carbocycles. The van der Waals surface area contributed by atoms with Crippen molar-refractivity contribution >= 4 is 23.6 Å². The van der Waals surface area contributed by atoms with E-state index in [0.29, 0.717) is 18.1 Å². The lowest BCUT2D eigenvalue weighted by molar-refractivity contribution is -0.149. The molecule has 2 fully saturated rings. The minimum atomic E-state index is -1.09. The summed E-state index contributed by atoms with van der Waals surface area (Å²) in [6.07, 6.45) is 4.23. The second kappa shape index (κ2) is 4.88. The number of carbonyl (C=O) groups excluding carboxylic acids is 1. The number of hydrogen-bond donors (Lipinski definition) is 2. The molecule has 0 aromatic heterocycles. The average molecular weight is 257 g/mol. The lowest BCUT2D eigenvalue weighted by atomic mass is 10.1. The number of thioether (sulfide) groups is 1. The van der Waals surface area contributed by atoms with Crippen LogP contribution in [0.1, 0.15) is 39.0 Å². The van der Waals surface area contributed by atoms with Gasteiger partial charge in [-0.3, -0.25) is 9.59 Å². The highest BCUT2D eigenvalue weighted by atomic mass is 32.2. The van der Waals surface area contributed by atoms with Crippen LogP contribution >= 0.6 is 11.8 Å². The maximum absolute atomic E-state index is 12.0. The molecule has 1 amide bonds. The number of aliphatic carboxylic acids is 1. The Morgan fingerprint density at radius 1 is 1.41 bits per heavy atom. The summed E-state index contributed by atoms with van der Waals surface area (Å²) in [6.45, 7) is 2.11. The summed E-state index contributed by atoms with van der Waals surface area (Å²) >= 11 is 1.87. The Hall–Kier alpha value is -0.710. The standard InChI is InChI=1S/C12H19NO3S/c1-2-17-9-5-3-4-8(9)13-10(14)12(6-7-12)11(15)16/h8-9H,2-7H2,1H3,(H,13,14)(H,15,16). The normalized spacial score (nSPS) is 29.9. The molecule has 0 aromatic rings. The third-order valence-electron chi connectivity index (χ3n) is 3.74. The molecule has 2 rings (SSSR count). The summed E-state index contributed by atoms with van der Waals surface area (Å²) in [5.74, 6) is -0.188. The van der Waals surface area contributed by atoms with Crippen molar-refractivity contribution in [1.29, 1.82) is 0 Å². The zero-order valence-corrected chi connectivity index (χ0v) is 10.9. The molecule has 0 saturated heterocycles. The molecule has 2 saturated carbocycles. The van der Waals surface area contributed by atoms with E-state index in [2.05, 4.69) is 12.2 Å². The van der Waals surface area contributed by atoms with Crippen molar-refractivity contribution in [2.24, 2.45) is 5.41 Å². The first-order valence-electron chi connectivity index (χ1n) is 6.26. The van der Waals surface area contributed by atoms with E-state index >= 15 is 0 Å². The fourth-order valence-electron chi connectivity index (χ4n) is 2.47. The van der Waals surface area contributed by atoms with Gasteiger partial charge in [-0.05, 0) is 31.4 Å². The van der Waals surface area contributed by atoms with Crippen LogP contribution in [-0.4, -0.2) is 34.0 Å². The summed E-state index contributed by atoms with van der Waals surface area (Å²) in [6, 6.07) is 0.171. The number of carboxylic acid groups (broad SMARTS) is 1. The van der Waals surface area contributed by atoms with Crippen LogP contribution < -0.4 is 5.32 Å². The molecule has 96 valence electrons. The molecule has 2 aliphatic rings. The van der Waals surface area contributed by atoms with Crippen LogP contribution in [0.3, 0.4) is 0 Å². The first-order valence-corrected chi connectivity index (χ1v) is 7.31. The van der Waals surface area contributed by atoms with E-state index in [4.69, 9.17) is 5.11 Å². The SMILES string of the molecule is CCSC1CCCC1NC(=O)C1(C(=O)O)CC1. The number of rotatable bonds is 5. The van der Waals surface area contributed by atoms with E-state index < -0.39 is 11.4 Å². The van der Waals surface area contributed by atoms with Gasteiger partial charge < -0.3 is 10.4 Å². The summed E-state index contributed by atoms with van der Waals surface area (Å²) < 4.78 is 0. The molecule has 0 aliphatic heterocycles. The number of carboxylic acids is 1. The zero-order chi connectivity index (χ0) is 12.5. The third kappa shape index (κ3) is 2.44. The van der Waals surface area contributed by atoms with Gasteiger partial charge in [-0.15, -0.1) is 0 Å². The van der Waals surface area contributed by atoms with Crippen molar-refractivity contribution in [2.75, 3.05) is 5.75 Å². The molecule has 0 aromatic carbocycles. The molecule has 5 heteroatoms. The van der Waals surface area contributed by atoms with Gasteiger partial charge in [-0.2, -0.15) is 11.8 Å². The molecule has 2 N–H and O–H groups in total. The van der Waals surface area contributed by atoms with Gasteiger partial charge in [0, 0.05) is 11.3 Å². The molecule has 2 atom stereocenters. The van der Waals surface area contributed by atoms with Crippen molar-refractivity contribution in [3.63, 3.8) is 0 Å². The maximum Gasteiger partial charge on any atom is 0.319 e. The van der Waals surface area contributed by atoms with Crippen LogP contribution in [-0.2, 0) is 9.59 Å². The lowest BCUT2D eigenvalue weighted by Gasteiger charge is -2.22. The van der Waals surface area contributed by atoms with Gasteiger partial charge in [0.05, 0.1) is 0 Å².